The number of anilines is 1. The van der Waals surface area contributed by atoms with Gasteiger partial charge in [-0.3, -0.25) is 4.79 Å². The van der Waals surface area contributed by atoms with Crippen LogP contribution in [0.1, 0.15) is 49.2 Å². The molecular weight excluding hydrogens is 226 g/mol. The highest BCUT2D eigenvalue weighted by molar-refractivity contribution is 5.95. The third kappa shape index (κ3) is 2.81. The molecule has 1 aromatic heterocycles. The highest BCUT2D eigenvalue weighted by Gasteiger charge is 2.25. The Balaban J connectivity index is 2.10. The summed E-state index contributed by atoms with van der Waals surface area (Å²) in [5.74, 6) is 0.954. The van der Waals surface area contributed by atoms with Crippen LogP contribution in [0.25, 0.3) is 0 Å². The molecule has 2 atom stereocenters. The lowest BCUT2D eigenvalue weighted by atomic mass is 10.1. The zero-order valence-corrected chi connectivity index (χ0v) is 11.1. The SMILES string of the molecule is CCc1cc(C(=O)NC2CCCC2C)cc(N)n1. The van der Waals surface area contributed by atoms with E-state index in [0.29, 0.717) is 23.3 Å². The molecule has 1 aliphatic rings. The molecule has 0 radical (unpaired) electrons. The molecule has 1 amide bonds. The van der Waals surface area contributed by atoms with E-state index >= 15 is 0 Å². The Morgan fingerprint density at radius 3 is 2.89 bits per heavy atom. The molecule has 1 heterocycles. The van der Waals surface area contributed by atoms with Gasteiger partial charge in [0.15, 0.2) is 0 Å². The van der Waals surface area contributed by atoms with Crippen LogP contribution in [0.5, 0.6) is 0 Å². The Hall–Kier alpha value is -1.58. The molecule has 0 spiro atoms. The number of nitrogens with one attached hydrogen (secondary N) is 1. The number of amides is 1. The first-order chi connectivity index (χ1) is 8.60. The first-order valence-corrected chi connectivity index (χ1v) is 6.67. The quantitative estimate of drug-likeness (QED) is 0.860. The number of nitrogens with two attached hydrogens (primary N) is 1. The molecule has 1 aliphatic carbocycles. The number of nitrogen functional groups attached to an aromatic ring is 1. The van der Waals surface area contributed by atoms with Crippen molar-refractivity contribution in [3.05, 3.63) is 23.4 Å². The maximum absolute atomic E-state index is 12.2. The second kappa shape index (κ2) is 5.38. The Morgan fingerprint density at radius 2 is 2.28 bits per heavy atom. The molecule has 1 saturated carbocycles. The molecule has 0 saturated heterocycles. The lowest BCUT2D eigenvalue weighted by molar-refractivity contribution is 0.0929. The molecule has 18 heavy (non-hydrogen) atoms. The van der Waals surface area contributed by atoms with E-state index in [4.69, 9.17) is 5.73 Å². The van der Waals surface area contributed by atoms with Gasteiger partial charge in [-0.1, -0.05) is 20.3 Å². The second-order valence-corrected chi connectivity index (χ2v) is 5.11. The van der Waals surface area contributed by atoms with Gasteiger partial charge in [0.2, 0.25) is 0 Å². The van der Waals surface area contributed by atoms with Crippen LogP contribution in [-0.2, 0) is 6.42 Å². The van der Waals surface area contributed by atoms with Gasteiger partial charge in [-0.05, 0) is 37.3 Å². The first kappa shape index (κ1) is 12.9. The minimum Gasteiger partial charge on any atom is -0.384 e. The van der Waals surface area contributed by atoms with Crippen LogP contribution in [0, 0.1) is 5.92 Å². The molecule has 0 aromatic carbocycles. The van der Waals surface area contributed by atoms with Gasteiger partial charge < -0.3 is 11.1 Å². The van der Waals surface area contributed by atoms with Crippen LogP contribution in [-0.4, -0.2) is 16.9 Å². The maximum atomic E-state index is 12.2. The van der Waals surface area contributed by atoms with Gasteiger partial charge in [-0.2, -0.15) is 0 Å². The topological polar surface area (TPSA) is 68.0 Å². The number of hydrogen-bond acceptors (Lipinski definition) is 3. The highest BCUT2D eigenvalue weighted by atomic mass is 16.1. The van der Waals surface area contributed by atoms with Crippen LogP contribution in [0.2, 0.25) is 0 Å². The predicted octanol–water partition coefficient (Wildman–Crippen LogP) is 2.14. The van der Waals surface area contributed by atoms with Crippen molar-refractivity contribution in [1.29, 1.82) is 0 Å². The molecular formula is C14H21N3O. The fraction of sp³-hybridized carbons (Fsp3) is 0.571. The molecule has 4 heteroatoms. The molecule has 98 valence electrons. The average molecular weight is 247 g/mol. The largest absolute Gasteiger partial charge is 0.384 e. The Kier molecular flexibility index (Phi) is 3.84. The Morgan fingerprint density at radius 1 is 1.50 bits per heavy atom. The summed E-state index contributed by atoms with van der Waals surface area (Å²) in [4.78, 5) is 16.4. The molecule has 2 unspecified atom stereocenters. The molecule has 1 fully saturated rings. The smallest absolute Gasteiger partial charge is 0.251 e. The van der Waals surface area contributed by atoms with Crippen molar-refractivity contribution in [1.82, 2.24) is 10.3 Å². The normalized spacial score (nSPS) is 23.0. The number of aryl methyl sites for hydroxylation is 1. The number of nitrogens with zero attached hydrogens (tertiary/aromatic N) is 1. The molecule has 3 N–H and O–H groups in total. The van der Waals surface area contributed by atoms with E-state index in [2.05, 4.69) is 17.2 Å². The van der Waals surface area contributed by atoms with Crippen molar-refractivity contribution in [3.8, 4) is 0 Å². The third-order valence-electron chi connectivity index (χ3n) is 3.70. The van der Waals surface area contributed by atoms with Crippen LogP contribution in [0.4, 0.5) is 5.82 Å². The predicted molar refractivity (Wildman–Crippen MR) is 72.3 cm³/mol. The molecule has 0 aliphatic heterocycles. The van der Waals surface area contributed by atoms with Gasteiger partial charge >= 0.3 is 0 Å². The number of carbonyl (C=O) groups is 1. The van der Waals surface area contributed by atoms with Gasteiger partial charge in [0.25, 0.3) is 5.91 Å². The number of rotatable bonds is 3. The van der Waals surface area contributed by atoms with Crippen LogP contribution >= 0.6 is 0 Å². The van der Waals surface area contributed by atoms with Crippen LogP contribution in [0.15, 0.2) is 12.1 Å². The monoisotopic (exact) mass is 247 g/mol. The third-order valence-corrected chi connectivity index (χ3v) is 3.70. The summed E-state index contributed by atoms with van der Waals surface area (Å²) in [5.41, 5.74) is 7.20. The van der Waals surface area contributed by atoms with E-state index in [-0.39, 0.29) is 5.91 Å². The second-order valence-electron chi connectivity index (χ2n) is 5.11. The number of pyridine rings is 1. The van der Waals surface area contributed by atoms with Gasteiger partial charge in [-0.25, -0.2) is 4.98 Å². The van der Waals surface area contributed by atoms with E-state index in [1.54, 1.807) is 6.07 Å². The van der Waals surface area contributed by atoms with Crippen molar-refractivity contribution < 1.29 is 4.79 Å². The standard InChI is InChI=1S/C14H21N3O/c1-3-11-7-10(8-13(15)16-11)14(18)17-12-6-4-5-9(12)2/h7-9,12H,3-6H2,1-2H3,(H2,15,16)(H,17,18). The molecule has 2 rings (SSSR count). The van der Waals surface area contributed by atoms with Crippen molar-refractivity contribution >= 4 is 11.7 Å². The van der Waals surface area contributed by atoms with Crippen molar-refractivity contribution in [2.75, 3.05) is 5.73 Å². The van der Waals surface area contributed by atoms with E-state index in [1.807, 2.05) is 13.0 Å². The van der Waals surface area contributed by atoms with Crippen molar-refractivity contribution in [3.63, 3.8) is 0 Å². The summed E-state index contributed by atoms with van der Waals surface area (Å²) in [7, 11) is 0. The van der Waals surface area contributed by atoms with E-state index in [0.717, 1.165) is 18.5 Å². The van der Waals surface area contributed by atoms with E-state index < -0.39 is 0 Å². The summed E-state index contributed by atoms with van der Waals surface area (Å²) in [6.45, 7) is 4.19. The highest BCUT2D eigenvalue weighted by Crippen LogP contribution is 2.25. The van der Waals surface area contributed by atoms with Gasteiger partial charge in [0.05, 0.1) is 0 Å². The number of aromatic nitrogens is 1. The van der Waals surface area contributed by atoms with Crippen molar-refractivity contribution in [2.24, 2.45) is 5.92 Å². The van der Waals surface area contributed by atoms with Gasteiger partial charge in [0, 0.05) is 17.3 Å². The zero-order valence-electron chi connectivity index (χ0n) is 11.1. The minimum atomic E-state index is -0.0300. The van der Waals surface area contributed by atoms with Crippen molar-refractivity contribution in [2.45, 2.75) is 45.6 Å². The lowest BCUT2D eigenvalue weighted by Gasteiger charge is -2.17. The minimum absolute atomic E-state index is 0.0300. The fourth-order valence-corrected chi connectivity index (χ4v) is 2.53. The van der Waals surface area contributed by atoms with Crippen LogP contribution in [0.3, 0.4) is 0 Å². The molecule has 1 aromatic rings. The van der Waals surface area contributed by atoms with Crippen LogP contribution < -0.4 is 11.1 Å². The number of hydrogen-bond donors (Lipinski definition) is 2. The summed E-state index contributed by atoms with van der Waals surface area (Å²) in [6, 6.07) is 3.77. The molecule has 4 nitrogen and oxygen atoms in total. The first-order valence-electron chi connectivity index (χ1n) is 6.67. The summed E-state index contributed by atoms with van der Waals surface area (Å²) < 4.78 is 0. The fourth-order valence-electron chi connectivity index (χ4n) is 2.53. The summed E-state index contributed by atoms with van der Waals surface area (Å²) >= 11 is 0. The van der Waals surface area contributed by atoms with Gasteiger partial charge in [-0.15, -0.1) is 0 Å². The van der Waals surface area contributed by atoms with E-state index in [1.165, 1.54) is 12.8 Å². The maximum Gasteiger partial charge on any atom is 0.251 e. The summed E-state index contributed by atoms with van der Waals surface area (Å²) in [6.07, 6.45) is 4.26. The van der Waals surface area contributed by atoms with E-state index in [9.17, 15) is 4.79 Å². The lowest BCUT2D eigenvalue weighted by Crippen LogP contribution is -2.36. The summed E-state index contributed by atoms with van der Waals surface area (Å²) in [5, 5.41) is 3.10. The Labute approximate surface area is 108 Å². The molecule has 0 bridgehead atoms. The number of carbonyl (C=O) groups excluding carboxylic acids is 1. The van der Waals surface area contributed by atoms with Gasteiger partial charge in [0.1, 0.15) is 5.82 Å². The Bertz CT molecular complexity index is 445. The zero-order chi connectivity index (χ0) is 13.1. The average Bonchev–Trinajstić information content (AvgIpc) is 2.74.